The summed E-state index contributed by atoms with van der Waals surface area (Å²) in [7, 11) is 0. The van der Waals surface area contributed by atoms with Crippen LogP contribution in [0.5, 0.6) is 0 Å². The molecule has 2 aromatic rings. The van der Waals surface area contributed by atoms with E-state index >= 15 is 0 Å². The number of ether oxygens (including phenoxy) is 2. The van der Waals surface area contributed by atoms with E-state index in [-0.39, 0.29) is 5.82 Å². The smallest absolute Gasteiger partial charge is 0.407 e. The first-order valence-electron chi connectivity index (χ1n) is 11.1. The molecular weight excluding hydrogens is 425 g/mol. The Labute approximate surface area is 194 Å². The Balaban J connectivity index is 1.54. The predicted molar refractivity (Wildman–Crippen MR) is 124 cm³/mol. The summed E-state index contributed by atoms with van der Waals surface area (Å²) in [5.41, 5.74) is 1.71. The summed E-state index contributed by atoms with van der Waals surface area (Å²) in [6, 6.07) is 14.8. The summed E-state index contributed by atoms with van der Waals surface area (Å²) in [5, 5.41) is 2.69. The number of carbonyl (C=O) groups is 2. The van der Waals surface area contributed by atoms with E-state index in [2.05, 4.69) is 10.2 Å². The van der Waals surface area contributed by atoms with Crippen molar-refractivity contribution in [3.05, 3.63) is 65.5 Å². The van der Waals surface area contributed by atoms with Crippen molar-refractivity contribution in [1.29, 1.82) is 0 Å². The summed E-state index contributed by atoms with van der Waals surface area (Å²) in [4.78, 5) is 26.8. The van der Waals surface area contributed by atoms with Gasteiger partial charge in [-0.15, -0.1) is 0 Å². The maximum absolute atomic E-state index is 14.8. The Bertz CT molecular complexity index is 925. The quantitative estimate of drug-likeness (QED) is 0.607. The SMILES string of the molecule is CC(C)(C)OC(=O)NCCc1ccc(N2CCN(C(OC=O)c3ccccc3)CC2)c(F)c1. The van der Waals surface area contributed by atoms with E-state index in [0.29, 0.717) is 51.3 Å². The second-order valence-electron chi connectivity index (χ2n) is 8.98. The van der Waals surface area contributed by atoms with Crippen LogP contribution in [0.2, 0.25) is 0 Å². The molecule has 1 aliphatic rings. The van der Waals surface area contributed by atoms with Gasteiger partial charge in [-0.05, 0) is 44.9 Å². The van der Waals surface area contributed by atoms with Crippen molar-refractivity contribution in [2.24, 2.45) is 0 Å². The number of anilines is 1. The largest absolute Gasteiger partial charge is 0.444 e. The van der Waals surface area contributed by atoms with Gasteiger partial charge in [-0.3, -0.25) is 9.69 Å². The molecule has 0 radical (unpaired) electrons. The minimum Gasteiger partial charge on any atom is -0.444 e. The lowest BCUT2D eigenvalue weighted by atomic mass is 10.1. The van der Waals surface area contributed by atoms with Crippen LogP contribution in [-0.2, 0) is 20.7 Å². The lowest BCUT2D eigenvalue weighted by Crippen LogP contribution is -2.48. The molecule has 7 nitrogen and oxygen atoms in total. The van der Waals surface area contributed by atoms with Crippen molar-refractivity contribution in [1.82, 2.24) is 10.2 Å². The van der Waals surface area contributed by atoms with Crippen LogP contribution < -0.4 is 10.2 Å². The number of hydrogen-bond acceptors (Lipinski definition) is 6. The van der Waals surface area contributed by atoms with Crippen LogP contribution in [0.4, 0.5) is 14.9 Å². The Morgan fingerprint density at radius 1 is 1.12 bits per heavy atom. The van der Waals surface area contributed by atoms with Crippen molar-refractivity contribution in [2.75, 3.05) is 37.6 Å². The highest BCUT2D eigenvalue weighted by atomic mass is 19.1. The molecule has 0 aromatic heterocycles. The summed E-state index contributed by atoms with van der Waals surface area (Å²) in [6.07, 6.45) is -0.424. The minimum absolute atomic E-state index is 0.290. The first-order valence-corrected chi connectivity index (χ1v) is 11.1. The highest BCUT2D eigenvalue weighted by Gasteiger charge is 2.27. The molecule has 1 amide bonds. The Morgan fingerprint density at radius 2 is 1.82 bits per heavy atom. The third-order valence-electron chi connectivity index (χ3n) is 5.35. The van der Waals surface area contributed by atoms with Crippen molar-refractivity contribution in [3.63, 3.8) is 0 Å². The van der Waals surface area contributed by atoms with Crippen molar-refractivity contribution < 1.29 is 23.5 Å². The number of amides is 1. The van der Waals surface area contributed by atoms with Crippen LogP contribution in [0.25, 0.3) is 0 Å². The number of rotatable bonds is 8. The van der Waals surface area contributed by atoms with Gasteiger partial charge in [0.05, 0.1) is 5.69 Å². The number of nitrogens with one attached hydrogen (secondary N) is 1. The third-order valence-corrected chi connectivity index (χ3v) is 5.35. The van der Waals surface area contributed by atoms with Gasteiger partial charge in [-0.25, -0.2) is 9.18 Å². The summed E-state index contributed by atoms with van der Waals surface area (Å²) < 4.78 is 25.4. The van der Waals surface area contributed by atoms with E-state index in [1.54, 1.807) is 26.8 Å². The Kier molecular flexibility index (Phi) is 8.27. The fourth-order valence-corrected chi connectivity index (χ4v) is 3.83. The van der Waals surface area contributed by atoms with Crippen LogP contribution >= 0.6 is 0 Å². The summed E-state index contributed by atoms with van der Waals surface area (Å²) in [6.45, 7) is 8.74. The molecule has 1 aliphatic heterocycles. The average Bonchev–Trinajstić information content (AvgIpc) is 2.77. The molecule has 0 saturated carbocycles. The standard InChI is InChI=1S/C25H32FN3O4/c1-25(2,3)33-24(31)27-12-11-19-9-10-22(21(26)17-19)28-13-15-29(16-14-28)23(32-18-30)20-7-5-4-6-8-20/h4-10,17-18,23H,11-16H2,1-3H3,(H,27,31). The molecule has 1 atom stereocenters. The van der Waals surface area contributed by atoms with Gasteiger partial charge in [0.15, 0.2) is 6.23 Å². The number of hydrogen-bond donors (Lipinski definition) is 1. The molecule has 1 fully saturated rings. The first kappa shape index (κ1) is 24.5. The van der Waals surface area contributed by atoms with Gasteiger partial charge in [0.1, 0.15) is 11.4 Å². The Morgan fingerprint density at radius 3 is 2.42 bits per heavy atom. The topological polar surface area (TPSA) is 71.1 Å². The van der Waals surface area contributed by atoms with Crippen molar-refractivity contribution in [3.8, 4) is 0 Å². The van der Waals surface area contributed by atoms with Crippen molar-refractivity contribution >= 4 is 18.3 Å². The van der Waals surface area contributed by atoms with E-state index < -0.39 is 17.9 Å². The molecule has 0 spiro atoms. The lowest BCUT2D eigenvalue weighted by Gasteiger charge is -2.39. The zero-order valence-electron chi connectivity index (χ0n) is 19.4. The van der Waals surface area contributed by atoms with Gasteiger partial charge in [-0.2, -0.15) is 0 Å². The maximum Gasteiger partial charge on any atom is 0.407 e. The second kappa shape index (κ2) is 11.1. The highest BCUT2D eigenvalue weighted by molar-refractivity contribution is 5.67. The van der Waals surface area contributed by atoms with Gasteiger partial charge in [-0.1, -0.05) is 36.4 Å². The number of piperazine rings is 1. The highest BCUT2D eigenvalue weighted by Crippen LogP contribution is 2.26. The van der Waals surface area contributed by atoms with Crippen LogP contribution in [0.3, 0.4) is 0 Å². The van der Waals surface area contributed by atoms with Gasteiger partial charge < -0.3 is 19.7 Å². The van der Waals surface area contributed by atoms with E-state index in [1.165, 1.54) is 6.07 Å². The molecule has 33 heavy (non-hydrogen) atoms. The van der Waals surface area contributed by atoms with Crippen LogP contribution in [0.1, 0.15) is 38.1 Å². The summed E-state index contributed by atoms with van der Waals surface area (Å²) in [5.74, 6) is -0.290. The molecular formula is C25H32FN3O4. The average molecular weight is 458 g/mol. The molecule has 1 N–H and O–H groups in total. The van der Waals surface area contributed by atoms with Gasteiger partial charge >= 0.3 is 6.09 Å². The zero-order chi connectivity index (χ0) is 23.8. The normalized spacial score (nSPS) is 15.6. The van der Waals surface area contributed by atoms with Crippen LogP contribution in [-0.4, -0.2) is 55.8 Å². The number of carbonyl (C=O) groups excluding carboxylic acids is 2. The van der Waals surface area contributed by atoms with Gasteiger partial charge in [0.2, 0.25) is 0 Å². The van der Waals surface area contributed by atoms with E-state index in [0.717, 1.165) is 11.1 Å². The zero-order valence-corrected chi connectivity index (χ0v) is 19.4. The molecule has 1 heterocycles. The van der Waals surface area contributed by atoms with E-state index in [1.807, 2.05) is 41.3 Å². The molecule has 0 bridgehead atoms. The van der Waals surface area contributed by atoms with E-state index in [9.17, 15) is 14.0 Å². The molecule has 0 aliphatic carbocycles. The van der Waals surface area contributed by atoms with E-state index in [4.69, 9.17) is 9.47 Å². The fourth-order valence-electron chi connectivity index (χ4n) is 3.83. The summed E-state index contributed by atoms with van der Waals surface area (Å²) >= 11 is 0. The van der Waals surface area contributed by atoms with Crippen LogP contribution in [0, 0.1) is 5.82 Å². The molecule has 3 rings (SSSR count). The molecule has 2 aromatic carbocycles. The predicted octanol–water partition coefficient (Wildman–Crippen LogP) is 3.89. The lowest BCUT2D eigenvalue weighted by molar-refractivity contribution is -0.144. The fraction of sp³-hybridized carbons (Fsp3) is 0.440. The number of nitrogens with zero attached hydrogens (tertiary/aromatic N) is 2. The first-order chi connectivity index (χ1) is 15.8. The number of halogens is 1. The number of alkyl carbamates (subject to hydrolysis) is 1. The van der Waals surface area contributed by atoms with Crippen LogP contribution in [0.15, 0.2) is 48.5 Å². The van der Waals surface area contributed by atoms with Crippen molar-refractivity contribution in [2.45, 2.75) is 39.0 Å². The third kappa shape index (κ3) is 7.18. The molecule has 8 heteroatoms. The van der Waals surface area contributed by atoms with Gasteiger partial charge in [0, 0.05) is 38.3 Å². The number of benzene rings is 2. The molecule has 178 valence electrons. The second-order valence-corrected chi connectivity index (χ2v) is 8.98. The Hall–Kier alpha value is -3.13. The molecule has 1 unspecified atom stereocenters. The van der Waals surface area contributed by atoms with Gasteiger partial charge in [0.25, 0.3) is 6.47 Å². The monoisotopic (exact) mass is 457 g/mol. The maximum atomic E-state index is 14.8. The molecule has 1 saturated heterocycles. The minimum atomic E-state index is -0.553.